The molecule has 0 atom stereocenters. The molecule has 37 heavy (non-hydrogen) atoms. The molecule has 0 spiro atoms. The van der Waals surface area contributed by atoms with Crippen molar-refractivity contribution in [3.63, 3.8) is 0 Å². The van der Waals surface area contributed by atoms with Crippen LogP contribution in [-0.4, -0.2) is 62.8 Å². The fraction of sp³-hybridized carbons (Fsp3) is 0.900. The first-order valence-electron chi connectivity index (χ1n) is 15.3. The van der Waals surface area contributed by atoms with Crippen molar-refractivity contribution in [2.45, 2.75) is 135 Å². The Morgan fingerprint density at radius 2 is 1.16 bits per heavy atom. The van der Waals surface area contributed by atoms with Crippen LogP contribution in [0, 0.1) is 0 Å². The molecule has 0 aliphatic heterocycles. The van der Waals surface area contributed by atoms with Crippen LogP contribution in [0.3, 0.4) is 0 Å². The van der Waals surface area contributed by atoms with Crippen LogP contribution >= 0.6 is 0 Å². The number of hydrogen-bond donors (Lipinski definition) is 2. The van der Waals surface area contributed by atoms with Gasteiger partial charge in [-0.1, -0.05) is 96.1 Å². The molecule has 1 amide bonds. The van der Waals surface area contributed by atoms with Crippen LogP contribution in [0.2, 0.25) is 0 Å². The molecule has 0 aromatic rings. The molecule has 0 fully saturated rings. The molecule has 6 nitrogen and oxygen atoms in total. The Morgan fingerprint density at radius 3 is 1.68 bits per heavy atom. The fourth-order valence-electron chi connectivity index (χ4n) is 4.67. The van der Waals surface area contributed by atoms with Gasteiger partial charge in [-0.25, -0.2) is 0 Å². The maximum absolute atomic E-state index is 12.0. The lowest BCUT2D eigenvalue weighted by Crippen LogP contribution is -2.43. The van der Waals surface area contributed by atoms with Crippen LogP contribution in [0.15, 0.2) is 12.2 Å². The van der Waals surface area contributed by atoms with Gasteiger partial charge in [0.2, 0.25) is 5.91 Å². The lowest BCUT2D eigenvalue weighted by molar-refractivity contribution is -0.890. The van der Waals surface area contributed by atoms with E-state index in [0.717, 1.165) is 25.8 Å². The minimum absolute atomic E-state index is 0.137. The monoisotopic (exact) mass is 545 g/mol. The van der Waals surface area contributed by atoms with Crippen molar-refractivity contribution in [1.29, 1.82) is 0 Å². The highest BCUT2D eigenvalue weighted by molar-refractivity contribution is 7.85. The third-order valence-electron chi connectivity index (χ3n) is 7.09. The minimum atomic E-state index is -3.88. The second kappa shape index (κ2) is 24.1. The van der Waals surface area contributed by atoms with Crippen molar-refractivity contribution in [3.05, 3.63) is 12.2 Å². The van der Waals surface area contributed by atoms with E-state index in [1.807, 2.05) is 14.1 Å². The van der Waals surface area contributed by atoms with E-state index in [-0.39, 0.29) is 11.7 Å². The van der Waals surface area contributed by atoms with E-state index in [4.69, 9.17) is 4.55 Å². The SMILES string of the molecule is CCCCCCCC/C=C\CCCCCCCCCCCC(=O)NCCC[N+](C)(C)CCCS(=O)(=O)O. The van der Waals surface area contributed by atoms with Crippen LogP contribution < -0.4 is 5.32 Å². The van der Waals surface area contributed by atoms with Crippen molar-refractivity contribution < 1.29 is 22.2 Å². The number of rotatable bonds is 27. The summed E-state index contributed by atoms with van der Waals surface area (Å²) < 4.78 is 31.2. The predicted octanol–water partition coefficient (Wildman–Crippen LogP) is 7.44. The zero-order valence-electron chi connectivity index (χ0n) is 24.7. The average Bonchev–Trinajstić information content (AvgIpc) is 2.82. The summed E-state index contributed by atoms with van der Waals surface area (Å²) in [5, 5.41) is 3.00. The highest BCUT2D eigenvalue weighted by Gasteiger charge is 2.16. The van der Waals surface area contributed by atoms with Gasteiger partial charge in [0, 0.05) is 25.8 Å². The Bertz CT molecular complexity index is 662. The summed E-state index contributed by atoms with van der Waals surface area (Å²) in [7, 11) is 0.207. The number of unbranched alkanes of at least 4 members (excludes halogenated alkanes) is 15. The zero-order valence-corrected chi connectivity index (χ0v) is 25.5. The van der Waals surface area contributed by atoms with Gasteiger partial charge in [-0.2, -0.15) is 8.42 Å². The van der Waals surface area contributed by atoms with E-state index in [0.29, 0.717) is 30.4 Å². The summed E-state index contributed by atoms with van der Waals surface area (Å²) in [6.07, 6.45) is 28.8. The second-order valence-electron chi connectivity index (χ2n) is 11.5. The molecule has 0 saturated heterocycles. The molecule has 2 N–H and O–H groups in total. The normalized spacial score (nSPS) is 12.4. The van der Waals surface area contributed by atoms with Gasteiger partial charge in [0.05, 0.1) is 32.9 Å². The predicted molar refractivity (Wildman–Crippen MR) is 158 cm³/mol. The van der Waals surface area contributed by atoms with Gasteiger partial charge in [0.15, 0.2) is 0 Å². The fourth-order valence-corrected chi connectivity index (χ4v) is 5.17. The molecule has 0 heterocycles. The molecule has 0 unspecified atom stereocenters. The first-order valence-corrected chi connectivity index (χ1v) is 17.0. The molecule has 0 rings (SSSR count). The Labute approximate surface area is 230 Å². The van der Waals surface area contributed by atoms with Gasteiger partial charge in [-0.15, -0.1) is 0 Å². The van der Waals surface area contributed by atoms with Crippen LogP contribution in [0.5, 0.6) is 0 Å². The van der Waals surface area contributed by atoms with Crippen LogP contribution in [-0.2, 0) is 14.9 Å². The summed E-state index contributed by atoms with van der Waals surface area (Å²) in [5.74, 6) is -0.0550. The van der Waals surface area contributed by atoms with Crippen molar-refractivity contribution in [2.75, 3.05) is 39.5 Å². The molecule has 0 radical (unpaired) electrons. The standard InChI is InChI=1S/C30H60N2O4S/c1-4-5-6-7-8-9-10-11-12-13-14-15-16-17-18-19-20-21-22-25-30(33)31-26-23-27-32(2,3)28-24-29-37(34,35)36/h11-12H,4-10,13-29H2,1-3H3,(H-,31,33,34,35,36)/p+1/b12-11-. The van der Waals surface area contributed by atoms with Gasteiger partial charge < -0.3 is 9.80 Å². The third kappa shape index (κ3) is 29.5. The van der Waals surface area contributed by atoms with Gasteiger partial charge in [0.1, 0.15) is 0 Å². The number of amides is 1. The Hall–Kier alpha value is -0.920. The summed E-state index contributed by atoms with van der Waals surface area (Å²) in [4.78, 5) is 12.0. The molecule has 0 saturated carbocycles. The molecule has 220 valence electrons. The second-order valence-corrected chi connectivity index (χ2v) is 13.0. The Morgan fingerprint density at radius 1 is 0.703 bits per heavy atom. The van der Waals surface area contributed by atoms with Crippen molar-refractivity contribution in [2.24, 2.45) is 0 Å². The lowest BCUT2D eigenvalue weighted by atomic mass is 10.1. The smallest absolute Gasteiger partial charge is 0.265 e. The lowest BCUT2D eigenvalue weighted by Gasteiger charge is -2.29. The summed E-state index contributed by atoms with van der Waals surface area (Å²) in [6.45, 7) is 4.48. The summed E-state index contributed by atoms with van der Waals surface area (Å²) in [6, 6.07) is 0. The molecule has 0 aromatic carbocycles. The highest BCUT2D eigenvalue weighted by atomic mass is 32.2. The van der Waals surface area contributed by atoms with Crippen LogP contribution in [0.1, 0.15) is 135 Å². The number of allylic oxidation sites excluding steroid dienone is 2. The number of hydrogen-bond acceptors (Lipinski definition) is 3. The molecule has 0 bridgehead atoms. The number of nitrogens with zero attached hydrogens (tertiary/aromatic N) is 1. The van der Waals surface area contributed by atoms with E-state index >= 15 is 0 Å². The number of nitrogens with one attached hydrogen (secondary N) is 1. The molecule has 0 aromatic heterocycles. The molecule has 7 heteroatoms. The zero-order chi connectivity index (χ0) is 27.7. The number of carbonyl (C=O) groups is 1. The Kier molecular flexibility index (Phi) is 23.5. The van der Waals surface area contributed by atoms with Gasteiger partial charge in [-0.05, 0) is 32.1 Å². The minimum Gasteiger partial charge on any atom is -0.356 e. The summed E-state index contributed by atoms with van der Waals surface area (Å²) >= 11 is 0. The quantitative estimate of drug-likeness (QED) is 0.0486. The summed E-state index contributed by atoms with van der Waals surface area (Å²) in [5.41, 5.74) is 0. The first kappa shape index (κ1) is 36.1. The molecule has 0 aliphatic carbocycles. The van der Waals surface area contributed by atoms with E-state index in [1.54, 1.807) is 0 Å². The van der Waals surface area contributed by atoms with Crippen molar-refractivity contribution in [1.82, 2.24) is 5.32 Å². The maximum Gasteiger partial charge on any atom is 0.265 e. The van der Waals surface area contributed by atoms with E-state index in [9.17, 15) is 13.2 Å². The Balaban J connectivity index is 3.40. The van der Waals surface area contributed by atoms with Gasteiger partial charge in [0.25, 0.3) is 10.1 Å². The van der Waals surface area contributed by atoms with Crippen molar-refractivity contribution in [3.8, 4) is 0 Å². The van der Waals surface area contributed by atoms with Crippen molar-refractivity contribution >= 4 is 16.0 Å². The topological polar surface area (TPSA) is 83.5 Å². The molecular formula is C30H61N2O4S+. The third-order valence-corrected chi connectivity index (χ3v) is 7.90. The maximum atomic E-state index is 12.0. The number of carbonyl (C=O) groups excluding carboxylic acids is 1. The highest BCUT2D eigenvalue weighted by Crippen LogP contribution is 2.12. The number of quaternary nitrogens is 1. The van der Waals surface area contributed by atoms with Crippen LogP contribution in [0.4, 0.5) is 0 Å². The first-order chi connectivity index (χ1) is 17.7. The van der Waals surface area contributed by atoms with Crippen LogP contribution in [0.25, 0.3) is 0 Å². The molecular weight excluding hydrogens is 484 g/mol. The van der Waals surface area contributed by atoms with E-state index in [2.05, 4.69) is 24.4 Å². The largest absolute Gasteiger partial charge is 0.356 e. The average molecular weight is 546 g/mol. The molecule has 0 aliphatic rings. The van der Waals surface area contributed by atoms with Gasteiger partial charge in [-0.3, -0.25) is 9.35 Å². The van der Waals surface area contributed by atoms with Gasteiger partial charge >= 0.3 is 0 Å². The van der Waals surface area contributed by atoms with E-state index < -0.39 is 10.1 Å². The van der Waals surface area contributed by atoms with E-state index in [1.165, 1.54) is 96.3 Å².